The largest absolute Gasteiger partial charge is 0.355 e. The van der Waals surface area contributed by atoms with Gasteiger partial charge in [0.2, 0.25) is 11.8 Å². The normalized spacial score (nSPS) is 10.5. The highest BCUT2D eigenvalue weighted by molar-refractivity contribution is 6.30. The van der Waals surface area contributed by atoms with Gasteiger partial charge in [0.05, 0.1) is 17.8 Å². The number of aromatic nitrogens is 2. The zero-order valence-electron chi connectivity index (χ0n) is 15.5. The highest BCUT2D eigenvalue weighted by Gasteiger charge is 2.15. The number of carbonyl (C=O) groups is 2. The summed E-state index contributed by atoms with van der Waals surface area (Å²) in [5.41, 5.74) is 3.34. The van der Waals surface area contributed by atoms with Crippen LogP contribution < -0.4 is 10.6 Å². The lowest BCUT2D eigenvalue weighted by molar-refractivity contribution is -0.121. The van der Waals surface area contributed by atoms with Gasteiger partial charge in [0, 0.05) is 42.4 Å². The van der Waals surface area contributed by atoms with E-state index in [9.17, 15) is 9.59 Å². The molecule has 0 atom stereocenters. The van der Waals surface area contributed by atoms with Crippen molar-refractivity contribution in [1.82, 2.24) is 20.4 Å². The summed E-state index contributed by atoms with van der Waals surface area (Å²) in [6, 6.07) is 17.1. The zero-order chi connectivity index (χ0) is 19.9. The van der Waals surface area contributed by atoms with Crippen molar-refractivity contribution in [2.75, 3.05) is 13.1 Å². The number of hydrogen-bond donors (Lipinski definition) is 2. The summed E-state index contributed by atoms with van der Waals surface area (Å²) in [4.78, 5) is 23.3. The number of halogens is 1. The third-order valence-electron chi connectivity index (χ3n) is 4.10. The van der Waals surface area contributed by atoms with Gasteiger partial charge in [-0.3, -0.25) is 9.59 Å². The minimum Gasteiger partial charge on any atom is -0.355 e. The van der Waals surface area contributed by atoms with Gasteiger partial charge in [0.1, 0.15) is 0 Å². The molecule has 2 aromatic carbocycles. The molecule has 7 heteroatoms. The molecule has 0 spiro atoms. The van der Waals surface area contributed by atoms with Crippen LogP contribution in [0.4, 0.5) is 0 Å². The van der Waals surface area contributed by atoms with Crippen LogP contribution >= 0.6 is 11.6 Å². The average Bonchev–Trinajstić information content (AvgIpc) is 3.10. The van der Waals surface area contributed by atoms with E-state index >= 15 is 0 Å². The van der Waals surface area contributed by atoms with Crippen molar-refractivity contribution in [1.29, 1.82) is 0 Å². The van der Waals surface area contributed by atoms with Crippen LogP contribution in [0.5, 0.6) is 0 Å². The van der Waals surface area contributed by atoms with Gasteiger partial charge in [0.25, 0.3) is 0 Å². The van der Waals surface area contributed by atoms with Crippen LogP contribution in [0.3, 0.4) is 0 Å². The quantitative estimate of drug-likeness (QED) is 0.603. The van der Waals surface area contributed by atoms with Crippen LogP contribution in [0.1, 0.15) is 12.5 Å². The fourth-order valence-corrected chi connectivity index (χ4v) is 2.90. The highest BCUT2D eigenvalue weighted by atomic mass is 35.5. The van der Waals surface area contributed by atoms with Crippen molar-refractivity contribution in [3.8, 4) is 16.9 Å². The Balaban J connectivity index is 1.81. The molecule has 1 aromatic heterocycles. The highest BCUT2D eigenvalue weighted by Crippen LogP contribution is 2.25. The second-order valence-corrected chi connectivity index (χ2v) is 6.74. The van der Waals surface area contributed by atoms with Crippen molar-refractivity contribution >= 4 is 23.4 Å². The first-order chi connectivity index (χ1) is 13.5. The Hall–Kier alpha value is -3.12. The summed E-state index contributed by atoms with van der Waals surface area (Å²) in [6.45, 7) is 2.22. The van der Waals surface area contributed by atoms with E-state index in [-0.39, 0.29) is 18.2 Å². The predicted octanol–water partition coefficient (Wildman–Crippen LogP) is 2.99. The first-order valence-electron chi connectivity index (χ1n) is 8.94. The number of nitrogens with one attached hydrogen (secondary N) is 2. The van der Waals surface area contributed by atoms with E-state index in [0.29, 0.717) is 18.1 Å². The number of para-hydroxylation sites is 1. The molecule has 144 valence electrons. The molecular weight excluding hydrogens is 376 g/mol. The van der Waals surface area contributed by atoms with Crippen LogP contribution in [0.2, 0.25) is 5.02 Å². The number of amides is 2. The second kappa shape index (κ2) is 9.19. The van der Waals surface area contributed by atoms with Crippen molar-refractivity contribution in [2.45, 2.75) is 13.3 Å². The molecule has 1 heterocycles. The lowest BCUT2D eigenvalue weighted by Gasteiger charge is -2.06. The molecule has 3 rings (SSSR count). The van der Waals surface area contributed by atoms with E-state index in [1.54, 1.807) is 16.8 Å². The Morgan fingerprint density at radius 3 is 2.36 bits per heavy atom. The van der Waals surface area contributed by atoms with Gasteiger partial charge in [-0.1, -0.05) is 41.9 Å². The average molecular weight is 397 g/mol. The van der Waals surface area contributed by atoms with Crippen molar-refractivity contribution < 1.29 is 9.59 Å². The second-order valence-electron chi connectivity index (χ2n) is 6.30. The molecule has 0 saturated carbocycles. The van der Waals surface area contributed by atoms with Gasteiger partial charge < -0.3 is 10.6 Å². The summed E-state index contributed by atoms with van der Waals surface area (Å²) in [5.74, 6) is -0.253. The van der Waals surface area contributed by atoms with Gasteiger partial charge in [-0.15, -0.1) is 0 Å². The van der Waals surface area contributed by atoms with Crippen LogP contribution in [0, 0.1) is 0 Å². The van der Waals surface area contributed by atoms with E-state index in [1.807, 2.05) is 48.7 Å². The molecule has 2 N–H and O–H groups in total. The summed E-state index contributed by atoms with van der Waals surface area (Å²) in [6.07, 6.45) is 2.05. The van der Waals surface area contributed by atoms with Crippen molar-refractivity contribution in [3.05, 3.63) is 71.4 Å². The van der Waals surface area contributed by atoms with E-state index in [4.69, 9.17) is 11.6 Å². The first-order valence-corrected chi connectivity index (χ1v) is 9.32. The summed E-state index contributed by atoms with van der Waals surface area (Å²) in [7, 11) is 0. The maximum atomic E-state index is 12.4. The molecule has 3 aromatic rings. The minimum absolute atomic E-state index is 0.122. The fourth-order valence-electron chi connectivity index (χ4n) is 2.78. The van der Waals surface area contributed by atoms with E-state index < -0.39 is 0 Å². The van der Waals surface area contributed by atoms with Crippen LogP contribution in [0.15, 0.2) is 60.8 Å². The number of benzene rings is 2. The third kappa shape index (κ3) is 5.20. The standard InChI is InChI=1S/C21H21ClN4O2/c1-15(27)23-11-12-24-20(28)13-17-14-26(19-5-3-2-4-6-19)25-21(17)16-7-9-18(22)10-8-16/h2-10,14H,11-13H2,1H3,(H,23,27)(H,24,28). The molecule has 2 amide bonds. The SMILES string of the molecule is CC(=O)NCCNC(=O)Cc1cn(-c2ccccc2)nc1-c1ccc(Cl)cc1. The molecule has 6 nitrogen and oxygen atoms in total. The summed E-state index contributed by atoms with van der Waals surface area (Å²) >= 11 is 6.00. The van der Waals surface area contributed by atoms with Crippen LogP contribution in [-0.2, 0) is 16.0 Å². The maximum absolute atomic E-state index is 12.4. The van der Waals surface area contributed by atoms with Gasteiger partial charge in [-0.25, -0.2) is 4.68 Å². The molecule has 0 radical (unpaired) electrons. The molecule has 0 aliphatic rings. The van der Waals surface area contributed by atoms with Crippen LogP contribution in [-0.4, -0.2) is 34.7 Å². The number of rotatable bonds is 7. The molecule has 0 bridgehead atoms. The minimum atomic E-state index is -0.131. The molecule has 0 fully saturated rings. The Kier molecular flexibility index (Phi) is 6.45. The third-order valence-corrected chi connectivity index (χ3v) is 4.35. The number of hydrogen-bond acceptors (Lipinski definition) is 3. The Morgan fingerprint density at radius 1 is 1.00 bits per heavy atom. The van der Waals surface area contributed by atoms with Gasteiger partial charge in [-0.2, -0.15) is 5.10 Å². The van der Waals surface area contributed by atoms with Gasteiger partial charge in [-0.05, 0) is 24.3 Å². The van der Waals surface area contributed by atoms with Gasteiger partial charge >= 0.3 is 0 Å². The zero-order valence-corrected chi connectivity index (χ0v) is 16.2. The fraction of sp³-hybridized carbons (Fsp3) is 0.190. The lowest BCUT2D eigenvalue weighted by atomic mass is 10.1. The van der Waals surface area contributed by atoms with Crippen molar-refractivity contribution in [3.63, 3.8) is 0 Å². The number of carbonyl (C=O) groups excluding carboxylic acids is 2. The van der Waals surface area contributed by atoms with Crippen molar-refractivity contribution in [2.24, 2.45) is 0 Å². The Morgan fingerprint density at radius 2 is 1.68 bits per heavy atom. The predicted molar refractivity (Wildman–Crippen MR) is 109 cm³/mol. The number of nitrogens with zero attached hydrogens (tertiary/aromatic N) is 2. The van der Waals surface area contributed by atoms with Gasteiger partial charge in [0.15, 0.2) is 0 Å². The molecule has 28 heavy (non-hydrogen) atoms. The molecule has 0 saturated heterocycles. The molecule has 0 unspecified atom stereocenters. The van der Waals surface area contributed by atoms with Crippen LogP contribution in [0.25, 0.3) is 16.9 Å². The van der Waals surface area contributed by atoms with E-state index in [0.717, 1.165) is 22.5 Å². The monoisotopic (exact) mass is 396 g/mol. The molecule has 0 aliphatic carbocycles. The van der Waals surface area contributed by atoms with E-state index in [1.165, 1.54) is 6.92 Å². The molecule has 0 aliphatic heterocycles. The Bertz CT molecular complexity index is 952. The Labute approximate surface area is 168 Å². The smallest absolute Gasteiger partial charge is 0.224 e. The molecular formula is C21H21ClN4O2. The summed E-state index contributed by atoms with van der Waals surface area (Å²) < 4.78 is 1.77. The topological polar surface area (TPSA) is 76.0 Å². The summed E-state index contributed by atoms with van der Waals surface area (Å²) in [5, 5.41) is 10.8. The maximum Gasteiger partial charge on any atom is 0.224 e. The first kappa shape index (κ1) is 19.6. The van der Waals surface area contributed by atoms with E-state index in [2.05, 4.69) is 15.7 Å². The lowest BCUT2D eigenvalue weighted by Crippen LogP contribution is -2.34.